The second-order valence-corrected chi connectivity index (χ2v) is 13.5. The number of phenols is 1. The summed E-state index contributed by atoms with van der Waals surface area (Å²) in [5.41, 5.74) is 31.3. The van der Waals surface area contributed by atoms with Crippen LogP contribution in [0.5, 0.6) is 5.75 Å². The lowest BCUT2D eigenvalue weighted by Crippen LogP contribution is -2.68. The van der Waals surface area contributed by atoms with E-state index in [-0.39, 0.29) is 31.9 Å². The van der Waals surface area contributed by atoms with Crippen molar-refractivity contribution in [2.24, 2.45) is 28.7 Å². The van der Waals surface area contributed by atoms with Crippen LogP contribution < -0.4 is 34.0 Å². The van der Waals surface area contributed by atoms with E-state index in [2.05, 4.69) is 5.32 Å². The zero-order valence-corrected chi connectivity index (χ0v) is 28.3. The standard InChI is InChI=1S/C31H54N6O15/c32-8-15-21(42)23(44)18(35)29(47-15)51-26-17(10-39)49-31(28(26)46-5-4-37-11-2-1-3-12(40)6-11)52-27-20(41)13(33)7-14(34)25(27)50-30-19(36)24(45)22(43)16(9-38)48-30/h1-3,6,13-31,37-45H,4-5,7-10,32-36H2/t13-,14+,15+,16-,17-,18-,19-,20+,21-,22-,23-,24-,25-,26-,27-,28-,29-,30-,31+/m1/s1. The second kappa shape index (κ2) is 18.1. The van der Waals surface area contributed by atoms with E-state index < -0.39 is 129 Å². The Balaban J connectivity index is 1.38. The molecule has 19 atom stereocenters. The summed E-state index contributed by atoms with van der Waals surface area (Å²) >= 11 is 0. The number of benzene rings is 1. The van der Waals surface area contributed by atoms with Gasteiger partial charge in [-0.1, -0.05) is 6.07 Å². The molecule has 4 fully saturated rings. The number of ether oxygens (including phenoxy) is 7. The van der Waals surface area contributed by atoms with Crippen molar-refractivity contribution >= 4 is 5.69 Å². The number of hydrogen-bond acceptors (Lipinski definition) is 21. The minimum atomic E-state index is -1.54. The molecule has 0 aromatic heterocycles. The van der Waals surface area contributed by atoms with Crippen LogP contribution >= 0.6 is 0 Å². The summed E-state index contributed by atoms with van der Waals surface area (Å²) in [5, 5.41) is 86.0. The van der Waals surface area contributed by atoms with E-state index in [1.165, 1.54) is 12.1 Å². The van der Waals surface area contributed by atoms with Gasteiger partial charge in [0.15, 0.2) is 18.9 Å². The van der Waals surface area contributed by atoms with Crippen molar-refractivity contribution in [1.82, 2.24) is 0 Å². The number of aliphatic hydroxyl groups excluding tert-OH is 7. The molecule has 0 bridgehead atoms. The molecule has 19 N–H and O–H groups in total. The first-order chi connectivity index (χ1) is 24.8. The molecule has 3 heterocycles. The molecular formula is C31H54N6O15. The van der Waals surface area contributed by atoms with Crippen molar-refractivity contribution < 1.29 is 74.0 Å². The van der Waals surface area contributed by atoms with Crippen LogP contribution in [-0.2, 0) is 33.2 Å². The van der Waals surface area contributed by atoms with Gasteiger partial charge in [0, 0.05) is 36.9 Å². The largest absolute Gasteiger partial charge is 0.508 e. The summed E-state index contributed by atoms with van der Waals surface area (Å²) in [5.74, 6) is 0.0473. The number of phenolic OH excluding ortho intramolecular Hbond substituents is 1. The van der Waals surface area contributed by atoms with Gasteiger partial charge in [0.2, 0.25) is 0 Å². The fourth-order valence-electron chi connectivity index (χ4n) is 6.86. The van der Waals surface area contributed by atoms with Crippen LogP contribution in [0.25, 0.3) is 0 Å². The lowest BCUT2D eigenvalue weighted by molar-refractivity contribution is -0.311. The Morgan fingerprint density at radius 3 is 1.87 bits per heavy atom. The molecule has 3 aliphatic heterocycles. The van der Waals surface area contributed by atoms with Crippen molar-refractivity contribution in [1.29, 1.82) is 0 Å². The van der Waals surface area contributed by atoms with Gasteiger partial charge in [-0.05, 0) is 18.6 Å². The van der Waals surface area contributed by atoms with Crippen molar-refractivity contribution in [3.05, 3.63) is 24.3 Å². The Hall–Kier alpha value is -1.94. The van der Waals surface area contributed by atoms with Gasteiger partial charge in [-0.15, -0.1) is 0 Å². The smallest absolute Gasteiger partial charge is 0.187 e. The van der Waals surface area contributed by atoms with Crippen molar-refractivity contribution in [3.8, 4) is 5.75 Å². The summed E-state index contributed by atoms with van der Waals surface area (Å²) in [6.45, 7) is -1.28. The number of nitrogens with two attached hydrogens (primary N) is 5. The van der Waals surface area contributed by atoms with Crippen LogP contribution in [-0.4, -0.2) is 190 Å². The highest BCUT2D eigenvalue weighted by molar-refractivity contribution is 5.47. The van der Waals surface area contributed by atoms with Gasteiger partial charge in [0.1, 0.15) is 72.9 Å². The van der Waals surface area contributed by atoms with E-state index in [0.29, 0.717) is 5.69 Å². The van der Waals surface area contributed by atoms with Gasteiger partial charge in [0.25, 0.3) is 0 Å². The molecule has 0 radical (unpaired) electrons. The topological polar surface area (TPSA) is 369 Å². The Kier molecular flexibility index (Phi) is 14.4. The van der Waals surface area contributed by atoms with E-state index in [1.54, 1.807) is 12.1 Å². The first-order valence-electron chi connectivity index (χ1n) is 17.2. The van der Waals surface area contributed by atoms with Crippen LogP contribution in [0.1, 0.15) is 6.42 Å². The van der Waals surface area contributed by atoms with Crippen LogP contribution in [0.3, 0.4) is 0 Å². The average molecular weight is 751 g/mol. The van der Waals surface area contributed by atoms with Crippen molar-refractivity contribution in [3.63, 3.8) is 0 Å². The Morgan fingerprint density at radius 1 is 0.673 bits per heavy atom. The molecule has 4 aliphatic rings. The molecule has 298 valence electrons. The van der Waals surface area contributed by atoms with Crippen LogP contribution in [0.4, 0.5) is 5.69 Å². The summed E-state index contributed by atoms with van der Waals surface area (Å²) in [6.07, 6.45) is -19.8. The summed E-state index contributed by atoms with van der Waals surface area (Å²) in [7, 11) is 0. The van der Waals surface area contributed by atoms with Gasteiger partial charge in [-0.25, -0.2) is 0 Å². The minimum Gasteiger partial charge on any atom is -0.508 e. The molecule has 21 heteroatoms. The molecule has 0 spiro atoms. The highest BCUT2D eigenvalue weighted by atomic mass is 16.8. The third kappa shape index (κ3) is 8.95. The molecule has 5 rings (SSSR count). The quantitative estimate of drug-likeness (QED) is 0.0785. The Bertz CT molecular complexity index is 1260. The fraction of sp³-hybridized carbons (Fsp3) is 0.806. The monoisotopic (exact) mass is 750 g/mol. The maximum Gasteiger partial charge on any atom is 0.187 e. The first-order valence-corrected chi connectivity index (χ1v) is 17.2. The van der Waals surface area contributed by atoms with Crippen molar-refractivity contribution in [2.75, 3.05) is 38.2 Å². The van der Waals surface area contributed by atoms with Gasteiger partial charge >= 0.3 is 0 Å². The van der Waals surface area contributed by atoms with E-state index in [1.807, 2.05) is 0 Å². The number of hydrogen-bond donors (Lipinski definition) is 14. The fourth-order valence-corrected chi connectivity index (χ4v) is 6.86. The number of aromatic hydroxyl groups is 1. The molecule has 21 nitrogen and oxygen atoms in total. The maximum atomic E-state index is 11.3. The lowest BCUT2D eigenvalue weighted by Gasteiger charge is -2.47. The van der Waals surface area contributed by atoms with E-state index in [0.717, 1.165) is 0 Å². The average Bonchev–Trinajstić information content (AvgIpc) is 3.45. The molecule has 1 aliphatic carbocycles. The predicted molar refractivity (Wildman–Crippen MR) is 177 cm³/mol. The summed E-state index contributed by atoms with van der Waals surface area (Å²) in [6, 6.07) is 2.06. The van der Waals surface area contributed by atoms with Gasteiger partial charge < -0.3 is 108 Å². The minimum absolute atomic E-state index is 0.0222. The molecule has 1 saturated carbocycles. The number of nitrogens with one attached hydrogen (secondary N) is 1. The molecule has 3 saturated heterocycles. The molecule has 52 heavy (non-hydrogen) atoms. The lowest BCUT2D eigenvalue weighted by atomic mass is 9.84. The molecular weight excluding hydrogens is 696 g/mol. The molecule has 0 amide bonds. The van der Waals surface area contributed by atoms with Gasteiger partial charge in [-0.3, -0.25) is 0 Å². The summed E-state index contributed by atoms with van der Waals surface area (Å²) < 4.78 is 42.3. The molecule has 1 aromatic rings. The van der Waals surface area contributed by atoms with Gasteiger partial charge in [-0.2, -0.15) is 0 Å². The summed E-state index contributed by atoms with van der Waals surface area (Å²) in [4.78, 5) is 0. The Morgan fingerprint density at radius 2 is 1.25 bits per heavy atom. The van der Waals surface area contributed by atoms with E-state index in [9.17, 15) is 40.9 Å². The maximum absolute atomic E-state index is 11.3. The van der Waals surface area contributed by atoms with Crippen LogP contribution in [0.2, 0.25) is 0 Å². The van der Waals surface area contributed by atoms with Crippen LogP contribution in [0.15, 0.2) is 24.3 Å². The highest BCUT2D eigenvalue weighted by Gasteiger charge is 2.55. The SMILES string of the molecule is NC[C@@H]1O[C@H](O[C@H]2[C@@H](OCCNc3cccc(O)c3)[C@H](O[C@@H]3[C@@H](O)[C@H](N)C[C@H](N)[C@H]3O[C@H]3O[C@H](CO)[C@@H](O)[C@H](O)[C@H]3N)O[C@@H]2CO)[C@H](N)[C@@H](O)[C@@H]1O. The number of anilines is 1. The van der Waals surface area contributed by atoms with E-state index in [4.69, 9.17) is 61.8 Å². The molecule has 1 aromatic carbocycles. The Labute approximate surface area is 299 Å². The third-order valence-electron chi connectivity index (χ3n) is 9.88. The highest BCUT2D eigenvalue weighted by Crippen LogP contribution is 2.35. The molecule has 0 unspecified atom stereocenters. The predicted octanol–water partition coefficient (Wildman–Crippen LogP) is -7.02. The number of aliphatic hydroxyl groups is 7. The first kappa shape index (κ1) is 41.2. The zero-order valence-electron chi connectivity index (χ0n) is 28.3. The normalized spacial score (nSPS) is 45.6. The van der Waals surface area contributed by atoms with E-state index >= 15 is 0 Å². The van der Waals surface area contributed by atoms with Crippen molar-refractivity contribution in [2.45, 2.75) is 123 Å². The zero-order chi connectivity index (χ0) is 37.9. The van der Waals surface area contributed by atoms with Crippen LogP contribution in [0, 0.1) is 0 Å². The third-order valence-corrected chi connectivity index (χ3v) is 9.88. The second-order valence-electron chi connectivity index (χ2n) is 13.5. The number of rotatable bonds is 14. The van der Waals surface area contributed by atoms with Gasteiger partial charge in [0.05, 0.1) is 38.0 Å².